The van der Waals surface area contributed by atoms with Crippen molar-refractivity contribution in [3.63, 3.8) is 0 Å². The molecule has 4 rings (SSSR count). The number of amides is 1. The van der Waals surface area contributed by atoms with Crippen LogP contribution in [0.4, 0.5) is 27.6 Å². The van der Waals surface area contributed by atoms with E-state index in [1.165, 1.54) is 18.5 Å². The number of carbonyl (C=O) groups excluding carboxylic acids is 1. The van der Waals surface area contributed by atoms with Gasteiger partial charge in [-0.25, -0.2) is 8.78 Å². The average molecular weight is 471 g/mol. The van der Waals surface area contributed by atoms with Crippen LogP contribution < -0.4 is 10.2 Å². The van der Waals surface area contributed by atoms with Crippen molar-refractivity contribution >= 4 is 22.6 Å². The van der Waals surface area contributed by atoms with E-state index in [4.69, 9.17) is 0 Å². The number of alkyl halides is 5. The highest BCUT2D eigenvalue weighted by atomic mass is 19.4. The SMILES string of the molecule is C[C@H]1C[C@@H](NC(=O)CN2CCC(F)(F)CC2)CN(c2ccc(C(F)(F)F)c3nccnc23)C1. The highest BCUT2D eigenvalue weighted by Gasteiger charge is 2.36. The second-order valence-electron chi connectivity index (χ2n) is 9.03. The van der Waals surface area contributed by atoms with Crippen molar-refractivity contribution < 1.29 is 26.7 Å². The molecule has 0 aliphatic carbocycles. The van der Waals surface area contributed by atoms with Gasteiger partial charge in [0.25, 0.3) is 5.92 Å². The Morgan fingerprint density at radius 2 is 1.79 bits per heavy atom. The standard InChI is InChI=1S/C22H26F5N5O/c1-14-10-15(30-18(33)13-31-8-4-21(23,24)5-9-31)12-32(11-14)17-3-2-16(22(25,26)27)19-20(17)29-7-6-28-19/h2-3,6-7,14-15H,4-5,8-13H2,1H3,(H,30,33)/t14-,15+/m0/s1. The summed E-state index contributed by atoms with van der Waals surface area (Å²) < 4.78 is 66.9. The first-order valence-corrected chi connectivity index (χ1v) is 11.0. The molecule has 11 heteroatoms. The third kappa shape index (κ3) is 5.51. The number of hydrogen-bond acceptors (Lipinski definition) is 5. The van der Waals surface area contributed by atoms with Crippen LogP contribution in [0.2, 0.25) is 0 Å². The van der Waals surface area contributed by atoms with Gasteiger partial charge in [0, 0.05) is 57.5 Å². The zero-order valence-corrected chi connectivity index (χ0v) is 18.2. The fourth-order valence-corrected chi connectivity index (χ4v) is 4.69. The van der Waals surface area contributed by atoms with Crippen molar-refractivity contribution in [1.82, 2.24) is 20.2 Å². The van der Waals surface area contributed by atoms with Crippen LogP contribution in [0.15, 0.2) is 24.5 Å². The maximum Gasteiger partial charge on any atom is 0.418 e. The summed E-state index contributed by atoms with van der Waals surface area (Å²) in [6.45, 7) is 3.41. The number of halogens is 5. The van der Waals surface area contributed by atoms with Crippen LogP contribution in [0.1, 0.15) is 31.7 Å². The number of benzene rings is 1. The van der Waals surface area contributed by atoms with E-state index in [9.17, 15) is 26.7 Å². The van der Waals surface area contributed by atoms with E-state index >= 15 is 0 Å². The van der Waals surface area contributed by atoms with Crippen molar-refractivity contribution in [3.05, 3.63) is 30.1 Å². The van der Waals surface area contributed by atoms with Crippen molar-refractivity contribution in [1.29, 1.82) is 0 Å². The monoisotopic (exact) mass is 471 g/mol. The van der Waals surface area contributed by atoms with Crippen LogP contribution in [0, 0.1) is 5.92 Å². The molecule has 0 bridgehead atoms. The van der Waals surface area contributed by atoms with Gasteiger partial charge in [-0.2, -0.15) is 13.2 Å². The van der Waals surface area contributed by atoms with E-state index in [-0.39, 0.29) is 61.4 Å². The summed E-state index contributed by atoms with van der Waals surface area (Å²) in [5, 5.41) is 2.97. The predicted molar refractivity (Wildman–Crippen MR) is 113 cm³/mol. The Morgan fingerprint density at radius 3 is 2.45 bits per heavy atom. The lowest BCUT2D eigenvalue weighted by Gasteiger charge is -2.39. The van der Waals surface area contributed by atoms with Crippen LogP contribution in [-0.4, -0.2) is 65.5 Å². The molecular weight excluding hydrogens is 445 g/mol. The van der Waals surface area contributed by atoms with Gasteiger partial charge < -0.3 is 10.2 Å². The van der Waals surface area contributed by atoms with Gasteiger partial charge in [-0.15, -0.1) is 0 Å². The van der Waals surface area contributed by atoms with Crippen molar-refractivity contribution in [3.8, 4) is 0 Å². The number of carbonyl (C=O) groups is 1. The molecule has 2 saturated heterocycles. The van der Waals surface area contributed by atoms with Crippen LogP contribution in [0.5, 0.6) is 0 Å². The van der Waals surface area contributed by atoms with Crippen molar-refractivity contribution in [2.24, 2.45) is 5.92 Å². The van der Waals surface area contributed by atoms with E-state index in [0.717, 1.165) is 6.07 Å². The fraction of sp³-hybridized carbons (Fsp3) is 0.591. The smallest absolute Gasteiger partial charge is 0.367 e. The Balaban J connectivity index is 1.47. The molecule has 1 aromatic heterocycles. The molecule has 3 heterocycles. The number of fused-ring (bicyclic) bond motifs is 1. The van der Waals surface area contributed by atoms with Gasteiger partial charge in [-0.05, 0) is 24.5 Å². The zero-order chi connectivity index (χ0) is 23.8. The quantitative estimate of drug-likeness (QED) is 0.689. The minimum Gasteiger partial charge on any atom is -0.367 e. The summed E-state index contributed by atoms with van der Waals surface area (Å²) in [7, 11) is 0. The summed E-state index contributed by atoms with van der Waals surface area (Å²) in [6, 6.07) is 2.21. The summed E-state index contributed by atoms with van der Waals surface area (Å²) in [5.74, 6) is -2.73. The van der Waals surface area contributed by atoms with Crippen molar-refractivity contribution in [2.45, 2.75) is 44.3 Å². The minimum absolute atomic E-state index is 0.0512. The second-order valence-corrected chi connectivity index (χ2v) is 9.03. The number of anilines is 1. The Bertz CT molecular complexity index is 1000. The molecule has 2 aromatic rings. The van der Waals surface area contributed by atoms with E-state index in [1.54, 1.807) is 4.90 Å². The first-order chi connectivity index (χ1) is 15.5. The Morgan fingerprint density at radius 1 is 1.12 bits per heavy atom. The summed E-state index contributed by atoms with van der Waals surface area (Å²) in [4.78, 5) is 24.3. The highest BCUT2D eigenvalue weighted by molar-refractivity contribution is 5.91. The highest BCUT2D eigenvalue weighted by Crippen LogP contribution is 2.37. The third-order valence-electron chi connectivity index (χ3n) is 6.23. The zero-order valence-electron chi connectivity index (χ0n) is 18.2. The fourth-order valence-electron chi connectivity index (χ4n) is 4.69. The normalized spacial score (nSPS) is 24.1. The molecule has 1 amide bonds. The Hall–Kier alpha value is -2.56. The van der Waals surface area contributed by atoms with Gasteiger partial charge in [-0.1, -0.05) is 6.92 Å². The molecule has 0 unspecified atom stereocenters. The molecule has 2 fully saturated rings. The number of hydrogen-bond donors (Lipinski definition) is 1. The molecule has 180 valence electrons. The van der Waals surface area contributed by atoms with Crippen LogP contribution in [-0.2, 0) is 11.0 Å². The number of aromatic nitrogens is 2. The van der Waals surface area contributed by atoms with Gasteiger partial charge in [0.15, 0.2) is 0 Å². The molecule has 1 aromatic carbocycles. The van der Waals surface area contributed by atoms with E-state index in [2.05, 4.69) is 15.3 Å². The van der Waals surface area contributed by atoms with Crippen LogP contribution in [0.25, 0.3) is 11.0 Å². The first-order valence-electron chi connectivity index (χ1n) is 11.0. The predicted octanol–water partition coefficient (Wildman–Crippen LogP) is 3.71. The van der Waals surface area contributed by atoms with Gasteiger partial charge in [0.05, 0.1) is 17.8 Å². The molecule has 0 spiro atoms. The van der Waals surface area contributed by atoms with Crippen molar-refractivity contribution in [2.75, 3.05) is 37.6 Å². The number of nitrogens with zero attached hydrogens (tertiary/aromatic N) is 4. The number of nitrogens with one attached hydrogen (secondary N) is 1. The lowest BCUT2D eigenvalue weighted by Crippen LogP contribution is -2.53. The Labute approximate surface area is 188 Å². The van der Waals surface area contributed by atoms with Gasteiger partial charge in [0.2, 0.25) is 5.91 Å². The molecule has 0 radical (unpaired) electrons. The maximum atomic E-state index is 13.4. The average Bonchev–Trinajstić information content (AvgIpc) is 2.73. The largest absolute Gasteiger partial charge is 0.418 e. The molecular formula is C22H26F5N5O. The lowest BCUT2D eigenvalue weighted by atomic mass is 9.95. The second kappa shape index (κ2) is 9.00. The van der Waals surface area contributed by atoms with Gasteiger partial charge in [0.1, 0.15) is 11.0 Å². The number of piperidine rings is 2. The molecule has 2 aliphatic heterocycles. The number of rotatable bonds is 4. The molecule has 2 aliphatic rings. The van der Waals surface area contributed by atoms with Gasteiger partial charge >= 0.3 is 6.18 Å². The first kappa shape index (κ1) is 23.6. The van der Waals surface area contributed by atoms with E-state index in [1.807, 2.05) is 11.8 Å². The Kier molecular flexibility index (Phi) is 6.43. The summed E-state index contributed by atoms with van der Waals surface area (Å²) in [6.07, 6.45) is -1.74. The van der Waals surface area contributed by atoms with Gasteiger partial charge in [-0.3, -0.25) is 19.7 Å². The topological polar surface area (TPSA) is 61.4 Å². The molecule has 2 atom stereocenters. The lowest BCUT2D eigenvalue weighted by molar-refractivity contribution is -0.136. The molecule has 33 heavy (non-hydrogen) atoms. The molecule has 1 N–H and O–H groups in total. The molecule has 0 saturated carbocycles. The van der Waals surface area contributed by atoms with E-state index < -0.39 is 17.7 Å². The summed E-state index contributed by atoms with van der Waals surface area (Å²) in [5.41, 5.74) is -0.338. The summed E-state index contributed by atoms with van der Waals surface area (Å²) >= 11 is 0. The maximum absolute atomic E-state index is 13.4. The minimum atomic E-state index is -4.54. The molecule has 6 nitrogen and oxygen atoms in total. The third-order valence-corrected chi connectivity index (χ3v) is 6.23. The van der Waals surface area contributed by atoms with Crippen LogP contribution in [0.3, 0.4) is 0 Å². The van der Waals surface area contributed by atoms with E-state index in [0.29, 0.717) is 25.2 Å². The number of likely N-dealkylation sites (tertiary alicyclic amines) is 1. The van der Waals surface area contributed by atoms with Crippen LogP contribution >= 0.6 is 0 Å².